The number of carbonyl (C=O) groups excluding carboxylic acids is 1. The lowest BCUT2D eigenvalue weighted by Gasteiger charge is -2.06. The molecule has 0 aromatic heterocycles. The first-order valence-electron chi connectivity index (χ1n) is 3.61. The van der Waals surface area contributed by atoms with Gasteiger partial charge < -0.3 is 0 Å². The highest BCUT2D eigenvalue weighted by atomic mass is 127. The Morgan fingerprint density at radius 1 is 1.54 bits per heavy atom. The largest absolute Gasteiger partial charge is 0.293 e. The van der Waals surface area contributed by atoms with Crippen molar-refractivity contribution < 1.29 is 4.79 Å². The Labute approximate surface area is 101 Å². The second-order valence-corrected chi connectivity index (χ2v) is 4.36. The van der Waals surface area contributed by atoms with Crippen LogP contribution in [-0.2, 0) is 0 Å². The van der Waals surface area contributed by atoms with Crippen molar-refractivity contribution >= 4 is 51.6 Å². The molecule has 4 heteroatoms. The molecular formula is C9H7Cl2IO. The molecule has 0 heterocycles. The van der Waals surface area contributed by atoms with Crippen molar-refractivity contribution in [1.82, 2.24) is 0 Å². The molecule has 0 fully saturated rings. The molecule has 13 heavy (non-hydrogen) atoms. The van der Waals surface area contributed by atoms with E-state index in [9.17, 15) is 4.79 Å². The molecule has 0 radical (unpaired) electrons. The monoisotopic (exact) mass is 328 g/mol. The Morgan fingerprint density at radius 2 is 2.15 bits per heavy atom. The molecule has 1 aromatic rings. The fourth-order valence-electron chi connectivity index (χ4n) is 0.979. The zero-order chi connectivity index (χ0) is 10.0. The number of rotatable bonds is 2. The average molecular weight is 329 g/mol. The van der Waals surface area contributed by atoms with E-state index in [-0.39, 0.29) is 11.7 Å². The SMILES string of the molecule is Cc1ccc(Cl)c(C(=O)CCl)c1I. The zero-order valence-electron chi connectivity index (χ0n) is 6.90. The van der Waals surface area contributed by atoms with E-state index in [1.165, 1.54) is 0 Å². The topological polar surface area (TPSA) is 17.1 Å². The van der Waals surface area contributed by atoms with Gasteiger partial charge in [0.15, 0.2) is 5.78 Å². The van der Waals surface area contributed by atoms with E-state index in [1.54, 1.807) is 6.07 Å². The first-order valence-corrected chi connectivity index (χ1v) is 5.60. The van der Waals surface area contributed by atoms with Gasteiger partial charge >= 0.3 is 0 Å². The fourth-order valence-corrected chi connectivity index (χ4v) is 2.31. The summed E-state index contributed by atoms with van der Waals surface area (Å²) in [4.78, 5) is 11.4. The van der Waals surface area contributed by atoms with E-state index in [0.29, 0.717) is 10.6 Å². The summed E-state index contributed by atoms with van der Waals surface area (Å²) in [6.45, 7) is 1.93. The molecule has 1 rings (SSSR count). The molecule has 0 bridgehead atoms. The summed E-state index contributed by atoms with van der Waals surface area (Å²) >= 11 is 13.5. The number of Topliss-reactive ketones (excluding diaryl/α,β-unsaturated/α-hetero) is 1. The third kappa shape index (κ3) is 2.36. The molecule has 1 nitrogen and oxygen atoms in total. The maximum absolute atomic E-state index is 11.4. The Morgan fingerprint density at radius 3 is 2.69 bits per heavy atom. The molecule has 0 amide bonds. The van der Waals surface area contributed by atoms with Crippen LogP contribution in [0.5, 0.6) is 0 Å². The molecule has 0 N–H and O–H groups in total. The first kappa shape index (κ1) is 11.3. The van der Waals surface area contributed by atoms with Gasteiger partial charge in [0.25, 0.3) is 0 Å². The van der Waals surface area contributed by atoms with Gasteiger partial charge in [0.1, 0.15) is 0 Å². The maximum atomic E-state index is 11.4. The van der Waals surface area contributed by atoms with Crippen LogP contribution >= 0.6 is 45.8 Å². The van der Waals surface area contributed by atoms with Crippen molar-refractivity contribution in [3.8, 4) is 0 Å². The van der Waals surface area contributed by atoms with Crippen LogP contribution < -0.4 is 0 Å². The van der Waals surface area contributed by atoms with Crippen molar-refractivity contribution in [3.63, 3.8) is 0 Å². The van der Waals surface area contributed by atoms with Crippen LogP contribution in [0.1, 0.15) is 15.9 Å². The van der Waals surface area contributed by atoms with Gasteiger partial charge in [-0.3, -0.25) is 4.79 Å². The van der Waals surface area contributed by atoms with Gasteiger partial charge in [-0.1, -0.05) is 17.7 Å². The van der Waals surface area contributed by atoms with Crippen molar-refractivity contribution in [2.24, 2.45) is 0 Å². The third-order valence-corrected chi connectivity index (χ3v) is 3.63. The number of hydrogen-bond donors (Lipinski definition) is 0. The second-order valence-electron chi connectivity index (χ2n) is 2.61. The number of alkyl halides is 1. The average Bonchev–Trinajstić information content (AvgIpc) is 2.12. The summed E-state index contributed by atoms with van der Waals surface area (Å²) in [5.74, 6) is -0.154. The Kier molecular flexibility index (Phi) is 4.01. The zero-order valence-corrected chi connectivity index (χ0v) is 10.6. The molecule has 0 aliphatic rings. The normalized spacial score (nSPS) is 10.2. The smallest absolute Gasteiger partial charge is 0.180 e. The summed E-state index contributed by atoms with van der Waals surface area (Å²) in [6.07, 6.45) is 0. The van der Waals surface area contributed by atoms with E-state index >= 15 is 0 Å². The van der Waals surface area contributed by atoms with Gasteiger partial charge in [-0.2, -0.15) is 0 Å². The van der Waals surface area contributed by atoms with E-state index in [4.69, 9.17) is 23.2 Å². The minimum absolute atomic E-state index is 0.0286. The van der Waals surface area contributed by atoms with E-state index < -0.39 is 0 Å². The molecule has 0 atom stereocenters. The van der Waals surface area contributed by atoms with Gasteiger partial charge in [0.05, 0.1) is 16.5 Å². The van der Waals surface area contributed by atoms with Gasteiger partial charge in [0.2, 0.25) is 0 Å². The van der Waals surface area contributed by atoms with Crippen LogP contribution in [0.2, 0.25) is 5.02 Å². The second kappa shape index (κ2) is 4.62. The van der Waals surface area contributed by atoms with Crippen molar-refractivity contribution in [3.05, 3.63) is 31.9 Å². The number of ketones is 1. The highest BCUT2D eigenvalue weighted by Crippen LogP contribution is 2.25. The van der Waals surface area contributed by atoms with E-state index in [1.807, 2.05) is 13.0 Å². The predicted molar refractivity (Wildman–Crippen MR) is 64.0 cm³/mol. The number of carbonyl (C=O) groups is 1. The summed E-state index contributed by atoms with van der Waals surface area (Å²) in [5, 5.41) is 0.473. The van der Waals surface area contributed by atoms with Crippen LogP contribution in [0.15, 0.2) is 12.1 Å². The van der Waals surface area contributed by atoms with Crippen molar-refractivity contribution in [2.75, 3.05) is 5.88 Å². The quantitative estimate of drug-likeness (QED) is 0.460. The van der Waals surface area contributed by atoms with Gasteiger partial charge in [0, 0.05) is 3.57 Å². The molecule has 0 saturated carbocycles. The summed E-state index contributed by atoms with van der Waals surface area (Å²) in [6, 6.07) is 3.61. The Balaban J connectivity index is 3.33. The van der Waals surface area contributed by atoms with Gasteiger partial charge in [-0.15, -0.1) is 11.6 Å². The van der Waals surface area contributed by atoms with E-state index in [2.05, 4.69) is 22.6 Å². The highest BCUT2D eigenvalue weighted by molar-refractivity contribution is 14.1. The summed E-state index contributed by atoms with van der Waals surface area (Å²) in [7, 11) is 0. The fraction of sp³-hybridized carbons (Fsp3) is 0.222. The maximum Gasteiger partial charge on any atom is 0.180 e. The number of hydrogen-bond acceptors (Lipinski definition) is 1. The molecule has 0 spiro atoms. The molecule has 70 valence electrons. The standard InChI is InChI=1S/C9H7Cl2IO/c1-5-2-3-6(11)8(9(5)12)7(13)4-10/h2-3H,4H2,1H3. The lowest BCUT2D eigenvalue weighted by atomic mass is 10.1. The first-order chi connectivity index (χ1) is 6.07. The van der Waals surface area contributed by atoms with E-state index in [0.717, 1.165) is 9.13 Å². The van der Waals surface area contributed by atoms with Crippen molar-refractivity contribution in [1.29, 1.82) is 0 Å². The number of aryl methyl sites for hydroxylation is 1. The van der Waals surface area contributed by atoms with Crippen LogP contribution in [0.4, 0.5) is 0 Å². The Hall–Kier alpha value is 0.200. The molecule has 0 unspecified atom stereocenters. The highest BCUT2D eigenvalue weighted by Gasteiger charge is 2.14. The lowest BCUT2D eigenvalue weighted by Crippen LogP contribution is -2.05. The number of benzene rings is 1. The van der Waals surface area contributed by atoms with Crippen LogP contribution in [0.25, 0.3) is 0 Å². The minimum atomic E-state index is -0.125. The van der Waals surface area contributed by atoms with Crippen molar-refractivity contribution in [2.45, 2.75) is 6.92 Å². The van der Waals surface area contributed by atoms with Gasteiger partial charge in [-0.05, 0) is 41.1 Å². The van der Waals surface area contributed by atoms with Gasteiger partial charge in [-0.25, -0.2) is 0 Å². The van der Waals surface area contributed by atoms with Crippen LogP contribution in [-0.4, -0.2) is 11.7 Å². The molecule has 0 saturated heterocycles. The minimum Gasteiger partial charge on any atom is -0.293 e. The number of halogens is 3. The molecule has 1 aromatic carbocycles. The summed E-state index contributed by atoms with van der Waals surface area (Å²) < 4.78 is 0.885. The molecule has 0 aliphatic heterocycles. The molecular weight excluding hydrogens is 322 g/mol. The predicted octanol–water partition coefficient (Wildman–Crippen LogP) is 3.67. The summed E-state index contributed by atoms with van der Waals surface area (Å²) in [5.41, 5.74) is 1.58. The van der Waals surface area contributed by atoms with Crippen LogP contribution in [0.3, 0.4) is 0 Å². The lowest BCUT2D eigenvalue weighted by molar-refractivity contribution is 0.102. The van der Waals surface area contributed by atoms with Crippen LogP contribution in [0, 0.1) is 10.5 Å². The third-order valence-electron chi connectivity index (χ3n) is 1.68. The molecule has 0 aliphatic carbocycles. The Bertz CT molecular complexity index is 350.